The summed E-state index contributed by atoms with van der Waals surface area (Å²) in [6.07, 6.45) is 1.93. The predicted molar refractivity (Wildman–Crippen MR) is 80.6 cm³/mol. The maximum atomic E-state index is 4.44. The molecule has 3 aromatic rings. The summed E-state index contributed by atoms with van der Waals surface area (Å²) in [6, 6.07) is 13.0. The molecule has 0 radical (unpaired) electrons. The van der Waals surface area contributed by atoms with Crippen LogP contribution in [0.25, 0.3) is 11.0 Å². The van der Waals surface area contributed by atoms with Gasteiger partial charge in [0.1, 0.15) is 0 Å². The molecule has 0 bridgehead atoms. The van der Waals surface area contributed by atoms with E-state index in [1.807, 2.05) is 30.8 Å². The van der Waals surface area contributed by atoms with Gasteiger partial charge in [0, 0.05) is 16.3 Å². The van der Waals surface area contributed by atoms with Gasteiger partial charge in [0.2, 0.25) is 0 Å². The van der Waals surface area contributed by atoms with E-state index in [-0.39, 0.29) is 0 Å². The smallest absolute Gasteiger partial charge is 0.0958 e. The number of likely N-dealkylation sites (N-methyl/N-ethyl adjacent to an activating group) is 1. The van der Waals surface area contributed by atoms with Crippen LogP contribution < -0.4 is 5.32 Å². The Balaban J connectivity index is 1.90. The number of hydrogen-bond acceptors (Lipinski definition) is 3. The van der Waals surface area contributed by atoms with Crippen molar-refractivity contribution in [1.82, 2.24) is 14.9 Å². The van der Waals surface area contributed by atoms with Gasteiger partial charge in [0.25, 0.3) is 0 Å². The highest BCUT2D eigenvalue weighted by Crippen LogP contribution is 2.25. The standard InChI is InChI=1S/C15H17N3S/c1-11-7-8-15(19-11)13(16-2)9-18-10-17-12-5-3-4-6-14(12)18/h3-8,10,13,16H,9H2,1-2H3. The SMILES string of the molecule is CNC(Cn1cnc2ccccc21)c1ccc(C)s1. The molecular formula is C15H17N3S. The first-order valence-corrected chi connectivity index (χ1v) is 7.23. The molecule has 3 nitrogen and oxygen atoms in total. The van der Waals surface area contributed by atoms with Gasteiger partial charge in [-0.05, 0) is 38.2 Å². The van der Waals surface area contributed by atoms with Crippen LogP contribution >= 0.6 is 11.3 Å². The van der Waals surface area contributed by atoms with E-state index < -0.39 is 0 Å². The molecule has 0 saturated heterocycles. The van der Waals surface area contributed by atoms with Crippen molar-refractivity contribution >= 4 is 22.4 Å². The van der Waals surface area contributed by atoms with Crippen LogP contribution in [0, 0.1) is 6.92 Å². The molecule has 19 heavy (non-hydrogen) atoms. The number of imidazole rings is 1. The van der Waals surface area contributed by atoms with Gasteiger partial charge in [-0.2, -0.15) is 0 Å². The van der Waals surface area contributed by atoms with Crippen LogP contribution in [0.2, 0.25) is 0 Å². The monoisotopic (exact) mass is 271 g/mol. The molecule has 2 heterocycles. The Morgan fingerprint density at radius 2 is 2.11 bits per heavy atom. The number of benzene rings is 1. The zero-order valence-corrected chi connectivity index (χ0v) is 11.9. The second-order valence-corrected chi connectivity index (χ2v) is 5.99. The molecule has 1 atom stereocenters. The fraction of sp³-hybridized carbons (Fsp3) is 0.267. The lowest BCUT2D eigenvalue weighted by Gasteiger charge is -2.15. The molecule has 2 aromatic heterocycles. The number of nitrogens with one attached hydrogen (secondary N) is 1. The molecule has 4 heteroatoms. The highest BCUT2D eigenvalue weighted by molar-refractivity contribution is 7.12. The first-order chi connectivity index (χ1) is 9.28. The first kappa shape index (κ1) is 12.4. The van der Waals surface area contributed by atoms with Crippen LogP contribution in [0.15, 0.2) is 42.7 Å². The highest BCUT2D eigenvalue weighted by atomic mass is 32.1. The van der Waals surface area contributed by atoms with E-state index in [2.05, 4.69) is 52.1 Å². The maximum absolute atomic E-state index is 4.44. The van der Waals surface area contributed by atoms with Crippen molar-refractivity contribution in [2.75, 3.05) is 7.05 Å². The Morgan fingerprint density at radius 3 is 2.84 bits per heavy atom. The highest BCUT2D eigenvalue weighted by Gasteiger charge is 2.13. The van der Waals surface area contributed by atoms with E-state index in [1.54, 1.807) is 0 Å². The topological polar surface area (TPSA) is 29.9 Å². The zero-order valence-electron chi connectivity index (χ0n) is 11.1. The van der Waals surface area contributed by atoms with Crippen LogP contribution in [-0.2, 0) is 6.54 Å². The first-order valence-electron chi connectivity index (χ1n) is 6.41. The van der Waals surface area contributed by atoms with Crippen molar-refractivity contribution in [3.8, 4) is 0 Å². The van der Waals surface area contributed by atoms with Crippen molar-refractivity contribution < 1.29 is 0 Å². The summed E-state index contributed by atoms with van der Waals surface area (Å²) in [7, 11) is 2.01. The number of hydrogen-bond donors (Lipinski definition) is 1. The number of rotatable bonds is 4. The average Bonchev–Trinajstić information content (AvgIpc) is 3.03. The van der Waals surface area contributed by atoms with Gasteiger partial charge >= 0.3 is 0 Å². The normalized spacial score (nSPS) is 12.9. The third kappa shape index (κ3) is 2.41. The Labute approximate surface area is 116 Å². The summed E-state index contributed by atoms with van der Waals surface area (Å²) < 4.78 is 2.21. The van der Waals surface area contributed by atoms with Gasteiger partial charge in [-0.3, -0.25) is 0 Å². The van der Waals surface area contributed by atoms with Crippen LogP contribution in [0.4, 0.5) is 0 Å². The Morgan fingerprint density at radius 1 is 1.26 bits per heavy atom. The Kier molecular flexibility index (Phi) is 3.36. The molecule has 0 amide bonds. The van der Waals surface area contributed by atoms with Crippen LogP contribution in [-0.4, -0.2) is 16.6 Å². The number of thiophene rings is 1. The summed E-state index contributed by atoms with van der Waals surface area (Å²) in [4.78, 5) is 7.17. The molecule has 0 spiro atoms. The van der Waals surface area contributed by atoms with Crippen LogP contribution in [0.1, 0.15) is 15.8 Å². The third-order valence-electron chi connectivity index (χ3n) is 3.36. The van der Waals surface area contributed by atoms with Crippen molar-refractivity contribution in [3.05, 3.63) is 52.5 Å². The van der Waals surface area contributed by atoms with Crippen molar-refractivity contribution in [3.63, 3.8) is 0 Å². The molecule has 0 aliphatic heterocycles. The lowest BCUT2D eigenvalue weighted by Crippen LogP contribution is -2.20. The number of fused-ring (bicyclic) bond motifs is 1. The van der Waals surface area contributed by atoms with Crippen molar-refractivity contribution in [2.24, 2.45) is 0 Å². The molecule has 3 rings (SSSR count). The zero-order chi connectivity index (χ0) is 13.2. The van der Waals surface area contributed by atoms with E-state index in [1.165, 1.54) is 15.3 Å². The van der Waals surface area contributed by atoms with E-state index in [9.17, 15) is 0 Å². The summed E-state index contributed by atoms with van der Waals surface area (Å²) >= 11 is 1.85. The number of para-hydroxylation sites is 2. The van der Waals surface area contributed by atoms with E-state index in [0.717, 1.165) is 12.1 Å². The van der Waals surface area contributed by atoms with Gasteiger partial charge in [0.05, 0.1) is 23.4 Å². The fourth-order valence-electron chi connectivity index (χ4n) is 2.32. The molecule has 1 aromatic carbocycles. The van der Waals surface area contributed by atoms with Gasteiger partial charge in [-0.15, -0.1) is 11.3 Å². The van der Waals surface area contributed by atoms with Gasteiger partial charge in [0.15, 0.2) is 0 Å². The fourth-order valence-corrected chi connectivity index (χ4v) is 3.30. The number of nitrogens with zero attached hydrogens (tertiary/aromatic N) is 2. The summed E-state index contributed by atoms with van der Waals surface area (Å²) in [5, 5.41) is 3.40. The minimum atomic E-state index is 0.330. The predicted octanol–water partition coefficient (Wildman–Crippen LogP) is 3.37. The Hall–Kier alpha value is -1.65. The van der Waals surface area contributed by atoms with Crippen molar-refractivity contribution in [2.45, 2.75) is 19.5 Å². The molecule has 0 fully saturated rings. The van der Waals surface area contributed by atoms with Gasteiger partial charge in [-0.25, -0.2) is 4.98 Å². The summed E-state index contributed by atoms with van der Waals surface area (Å²) in [6.45, 7) is 3.05. The third-order valence-corrected chi connectivity index (χ3v) is 4.47. The number of aryl methyl sites for hydroxylation is 1. The van der Waals surface area contributed by atoms with E-state index in [0.29, 0.717) is 6.04 Å². The molecule has 1 unspecified atom stereocenters. The minimum absolute atomic E-state index is 0.330. The van der Waals surface area contributed by atoms with E-state index >= 15 is 0 Å². The summed E-state index contributed by atoms with van der Waals surface area (Å²) in [5.74, 6) is 0. The molecule has 1 N–H and O–H groups in total. The molecule has 98 valence electrons. The molecule has 0 aliphatic rings. The molecular weight excluding hydrogens is 254 g/mol. The minimum Gasteiger partial charge on any atom is -0.329 e. The van der Waals surface area contributed by atoms with Crippen LogP contribution in [0.5, 0.6) is 0 Å². The maximum Gasteiger partial charge on any atom is 0.0958 e. The second kappa shape index (κ2) is 5.15. The van der Waals surface area contributed by atoms with Gasteiger partial charge < -0.3 is 9.88 Å². The van der Waals surface area contributed by atoms with Gasteiger partial charge in [-0.1, -0.05) is 12.1 Å². The largest absolute Gasteiger partial charge is 0.329 e. The quantitative estimate of drug-likeness (QED) is 0.788. The molecule has 0 aliphatic carbocycles. The lowest BCUT2D eigenvalue weighted by molar-refractivity contribution is 0.515. The second-order valence-electron chi connectivity index (χ2n) is 4.68. The summed E-state index contributed by atoms with van der Waals surface area (Å²) in [5.41, 5.74) is 2.25. The number of aromatic nitrogens is 2. The average molecular weight is 271 g/mol. The molecule has 0 saturated carbocycles. The van der Waals surface area contributed by atoms with E-state index in [4.69, 9.17) is 0 Å². The van der Waals surface area contributed by atoms with Crippen LogP contribution in [0.3, 0.4) is 0 Å². The Bertz CT molecular complexity index is 683. The van der Waals surface area contributed by atoms with Crippen molar-refractivity contribution in [1.29, 1.82) is 0 Å². The lowest BCUT2D eigenvalue weighted by atomic mass is 10.2.